The van der Waals surface area contributed by atoms with Crippen molar-refractivity contribution in [3.05, 3.63) is 70.4 Å². The van der Waals surface area contributed by atoms with Crippen molar-refractivity contribution in [1.29, 1.82) is 0 Å². The van der Waals surface area contributed by atoms with Crippen LogP contribution in [0.3, 0.4) is 0 Å². The third-order valence-corrected chi connectivity index (χ3v) is 5.01. The number of esters is 1. The van der Waals surface area contributed by atoms with E-state index in [0.29, 0.717) is 46.6 Å². The molecular formula is C24H23ClN2O4. The third kappa shape index (κ3) is 4.59. The minimum atomic E-state index is -0.432. The first-order valence-corrected chi connectivity index (χ1v) is 10.4. The molecule has 2 aromatic heterocycles. The zero-order valence-electron chi connectivity index (χ0n) is 17.6. The molecule has 0 amide bonds. The minimum absolute atomic E-state index is 0.403. The molecule has 1 N–H and O–H groups in total. The van der Waals surface area contributed by atoms with Gasteiger partial charge in [0.1, 0.15) is 17.0 Å². The first kappa shape index (κ1) is 21.0. The van der Waals surface area contributed by atoms with Crippen LogP contribution in [0.1, 0.15) is 35.5 Å². The Balaban J connectivity index is 1.61. The fraction of sp³-hybridized carbons (Fsp3) is 0.250. The number of ether oxygens (including phenoxy) is 2. The number of hydrogen-bond donors (Lipinski definition) is 1. The van der Waals surface area contributed by atoms with Gasteiger partial charge in [0.05, 0.1) is 24.8 Å². The van der Waals surface area contributed by atoms with Gasteiger partial charge in [0.15, 0.2) is 11.6 Å². The van der Waals surface area contributed by atoms with Gasteiger partial charge in [-0.3, -0.25) is 0 Å². The van der Waals surface area contributed by atoms with Crippen molar-refractivity contribution in [3.8, 4) is 17.3 Å². The highest BCUT2D eigenvalue weighted by atomic mass is 35.5. The normalized spacial score (nSPS) is 11.3. The lowest BCUT2D eigenvalue weighted by Crippen LogP contribution is -2.06. The average Bonchev–Trinajstić information content (AvgIpc) is 3.39. The minimum Gasteiger partial charge on any atom is -0.493 e. The molecule has 0 saturated heterocycles. The maximum atomic E-state index is 12.0. The number of carbonyl (C=O) groups is 1. The van der Waals surface area contributed by atoms with Gasteiger partial charge in [0.25, 0.3) is 0 Å². The molecule has 2 aromatic carbocycles. The Morgan fingerprint density at radius 1 is 1.19 bits per heavy atom. The number of para-hydroxylation sites is 1. The van der Waals surface area contributed by atoms with Crippen LogP contribution in [0.4, 0.5) is 0 Å². The second kappa shape index (κ2) is 8.86. The lowest BCUT2D eigenvalue weighted by molar-refractivity contribution is 0.0603. The molecule has 0 atom stereocenters. The van der Waals surface area contributed by atoms with Crippen molar-refractivity contribution >= 4 is 28.6 Å². The predicted octanol–water partition coefficient (Wildman–Crippen LogP) is 5.89. The van der Waals surface area contributed by atoms with Gasteiger partial charge in [-0.1, -0.05) is 31.5 Å². The summed E-state index contributed by atoms with van der Waals surface area (Å²) in [4.78, 5) is 19.8. The van der Waals surface area contributed by atoms with Gasteiger partial charge in [-0.15, -0.1) is 0 Å². The number of nitrogens with one attached hydrogen (secondary N) is 1. The molecule has 0 bridgehead atoms. The average molecular weight is 439 g/mol. The number of imidazole rings is 1. The summed E-state index contributed by atoms with van der Waals surface area (Å²) in [6.45, 7) is 4.83. The Morgan fingerprint density at radius 3 is 2.81 bits per heavy atom. The van der Waals surface area contributed by atoms with Crippen LogP contribution >= 0.6 is 11.6 Å². The molecule has 4 aromatic rings. The molecule has 4 rings (SSSR count). The maximum absolute atomic E-state index is 12.0. The molecule has 0 unspecified atom stereocenters. The van der Waals surface area contributed by atoms with Gasteiger partial charge in [0.2, 0.25) is 0 Å². The van der Waals surface area contributed by atoms with Gasteiger partial charge in [-0.05, 0) is 48.4 Å². The van der Waals surface area contributed by atoms with Crippen LogP contribution in [-0.4, -0.2) is 29.7 Å². The van der Waals surface area contributed by atoms with E-state index >= 15 is 0 Å². The van der Waals surface area contributed by atoms with Crippen LogP contribution in [0, 0.1) is 5.92 Å². The molecule has 0 saturated carbocycles. The summed E-state index contributed by atoms with van der Waals surface area (Å²) >= 11 is 6.21. The number of aromatic amines is 1. The highest BCUT2D eigenvalue weighted by Gasteiger charge is 2.17. The zero-order chi connectivity index (χ0) is 22.0. The van der Waals surface area contributed by atoms with E-state index in [-0.39, 0.29) is 0 Å². The van der Waals surface area contributed by atoms with Crippen LogP contribution < -0.4 is 4.74 Å². The monoisotopic (exact) mass is 438 g/mol. The van der Waals surface area contributed by atoms with Crippen molar-refractivity contribution in [1.82, 2.24) is 9.97 Å². The fourth-order valence-electron chi connectivity index (χ4n) is 3.29. The van der Waals surface area contributed by atoms with Crippen LogP contribution in [0.5, 0.6) is 5.75 Å². The van der Waals surface area contributed by atoms with Gasteiger partial charge in [-0.25, -0.2) is 9.78 Å². The second-order valence-electron chi connectivity index (χ2n) is 7.68. The summed E-state index contributed by atoms with van der Waals surface area (Å²) < 4.78 is 16.8. The van der Waals surface area contributed by atoms with Crippen molar-refractivity contribution < 1.29 is 18.7 Å². The molecular weight excluding hydrogens is 416 g/mol. The molecule has 160 valence electrons. The summed E-state index contributed by atoms with van der Waals surface area (Å²) in [6.07, 6.45) is 0.529. The number of carbonyl (C=O) groups excluding carboxylic acids is 1. The van der Waals surface area contributed by atoms with Gasteiger partial charge in [-0.2, -0.15) is 0 Å². The lowest BCUT2D eigenvalue weighted by Gasteiger charge is -2.13. The van der Waals surface area contributed by atoms with Gasteiger partial charge < -0.3 is 18.9 Å². The highest BCUT2D eigenvalue weighted by molar-refractivity contribution is 6.30. The molecule has 0 spiro atoms. The topological polar surface area (TPSA) is 77.4 Å². The highest BCUT2D eigenvalue weighted by Crippen LogP contribution is 2.29. The number of rotatable bonds is 7. The van der Waals surface area contributed by atoms with E-state index in [9.17, 15) is 4.79 Å². The van der Waals surface area contributed by atoms with Gasteiger partial charge in [0, 0.05) is 17.0 Å². The Morgan fingerprint density at radius 2 is 2.03 bits per heavy atom. The van der Waals surface area contributed by atoms with E-state index < -0.39 is 5.97 Å². The largest absolute Gasteiger partial charge is 0.493 e. The van der Waals surface area contributed by atoms with Crippen molar-refractivity contribution in [2.24, 2.45) is 5.92 Å². The number of furan rings is 1. The molecule has 0 aliphatic rings. The van der Waals surface area contributed by atoms with Crippen molar-refractivity contribution in [2.75, 3.05) is 13.7 Å². The van der Waals surface area contributed by atoms with E-state index in [0.717, 1.165) is 22.6 Å². The van der Waals surface area contributed by atoms with E-state index in [1.165, 1.54) is 7.11 Å². The van der Waals surface area contributed by atoms with E-state index in [1.54, 1.807) is 12.1 Å². The zero-order valence-corrected chi connectivity index (χ0v) is 18.3. The Bertz CT molecular complexity index is 1230. The predicted molar refractivity (Wildman–Crippen MR) is 120 cm³/mol. The molecule has 31 heavy (non-hydrogen) atoms. The molecule has 2 heterocycles. The molecule has 7 heteroatoms. The van der Waals surface area contributed by atoms with Crippen LogP contribution in [0.15, 0.2) is 52.9 Å². The van der Waals surface area contributed by atoms with E-state index in [4.69, 9.17) is 25.5 Å². The SMILES string of the molecule is COC(=O)c1cccc2[nH]c(-c3ccc(Cc4cc(Cl)ccc4OCC(C)C)o3)nc12. The van der Waals surface area contributed by atoms with Crippen LogP contribution in [0.2, 0.25) is 5.02 Å². The summed E-state index contributed by atoms with van der Waals surface area (Å²) in [5, 5.41) is 0.645. The maximum Gasteiger partial charge on any atom is 0.340 e. The standard InChI is InChI=1S/C24H23ClN2O4/c1-14(2)13-30-20-9-7-16(25)11-15(20)12-17-8-10-21(31-17)23-26-19-6-4-5-18(22(19)27-23)24(28)29-3/h4-11,14H,12-13H2,1-3H3,(H,26,27). The number of hydrogen-bond acceptors (Lipinski definition) is 5. The summed E-state index contributed by atoms with van der Waals surface area (Å²) in [5.74, 6) is 2.65. The first-order chi connectivity index (χ1) is 14.9. The lowest BCUT2D eigenvalue weighted by atomic mass is 10.1. The van der Waals surface area contributed by atoms with E-state index in [1.807, 2.05) is 36.4 Å². The smallest absolute Gasteiger partial charge is 0.340 e. The number of aromatic nitrogens is 2. The number of H-pyrrole nitrogens is 1. The number of nitrogens with zero attached hydrogens (tertiary/aromatic N) is 1. The summed E-state index contributed by atoms with van der Waals surface area (Å²) in [5.41, 5.74) is 2.63. The van der Waals surface area contributed by atoms with E-state index in [2.05, 4.69) is 23.8 Å². The fourth-order valence-corrected chi connectivity index (χ4v) is 3.49. The number of fused-ring (bicyclic) bond motifs is 1. The Hall–Kier alpha value is -3.25. The Kier molecular flexibility index (Phi) is 6.00. The molecule has 6 nitrogen and oxygen atoms in total. The summed E-state index contributed by atoms with van der Waals surface area (Å²) in [7, 11) is 1.35. The second-order valence-corrected chi connectivity index (χ2v) is 8.11. The number of halogens is 1. The number of methoxy groups -OCH3 is 1. The van der Waals surface area contributed by atoms with Crippen LogP contribution in [-0.2, 0) is 11.2 Å². The molecule has 0 fully saturated rings. The quantitative estimate of drug-likeness (QED) is 0.364. The van der Waals surface area contributed by atoms with Gasteiger partial charge >= 0.3 is 5.97 Å². The molecule has 0 aliphatic heterocycles. The molecule has 0 radical (unpaired) electrons. The molecule has 0 aliphatic carbocycles. The first-order valence-electron chi connectivity index (χ1n) is 10.0. The third-order valence-electron chi connectivity index (χ3n) is 4.77. The van der Waals surface area contributed by atoms with Crippen molar-refractivity contribution in [3.63, 3.8) is 0 Å². The van der Waals surface area contributed by atoms with Crippen molar-refractivity contribution in [2.45, 2.75) is 20.3 Å². The number of benzene rings is 2. The van der Waals surface area contributed by atoms with Crippen LogP contribution in [0.25, 0.3) is 22.6 Å². The Labute approximate surface area is 185 Å². The summed E-state index contributed by atoms with van der Waals surface area (Å²) in [6, 6.07) is 14.7.